The average Bonchev–Trinajstić information content (AvgIpc) is 1.69. The van der Waals surface area contributed by atoms with Crippen LogP contribution in [0.15, 0.2) is 11.2 Å². The molecule has 0 saturated carbocycles. The van der Waals surface area contributed by atoms with Crippen molar-refractivity contribution < 1.29 is 9.63 Å². The van der Waals surface area contributed by atoms with Gasteiger partial charge in [0, 0.05) is 5.87 Å². The third-order valence-corrected chi connectivity index (χ3v) is 0.426. The Morgan fingerprint density at radius 1 is 2.00 bits per heavy atom. The maximum atomic E-state index is 9.93. The molecule has 0 aliphatic carbocycles. The largest absolute Gasteiger partial charge is 0.466 e. The van der Waals surface area contributed by atoms with Crippen molar-refractivity contribution in [2.24, 2.45) is 4.99 Å². The first kappa shape index (κ1) is 3.89. The highest BCUT2D eigenvalue weighted by Crippen LogP contribution is 1.79. The second-order valence-electron chi connectivity index (χ2n) is 0.871. The number of carbonyl (C=O) groups excluding carboxylic acids is 1. The fourth-order valence-corrected chi connectivity index (χ4v) is 0.214. The van der Waals surface area contributed by atoms with Crippen LogP contribution in [0.25, 0.3) is 0 Å². The molecular formula is C3H2N2O2. The van der Waals surface area contributed by atoms with E-state index < -0.39 is 6.09 Å². The number of amides is 1. The van der Waals surface area contributed by atoms with Crippen molar-refractivity contribution in [2.75, 3.05) is 0 Å². The minimum Gasteiger partial charge on any atom is -0.322 e. The van der Waals surface area contributed by atoms with Crippen LogP contribution in [0.1, 0.15) is 0 Å². The summed E-state index contributed by atoms with van der Waals surface area (Å²) in [7, 11) is 0. The predicted octanol–water partition coefficient (Wildman–Crippen LogP) is -0.175. The van der Waals surface area contributed by atoms with Crippen LogP contribution in [-0.2, 0) is 4.84 Å². The number of nitrogens with one attached hydrogen (secondary N) is 1. The molecule has 0 aromatic carbocycles. The molecule has 0 spiro atoms. The average molecular weight is 98.1 g/mol. The molecule has 1 N–H and O–H groups in total. The minimum atomic E-state index is -0.664. The maximum Gasteiger partial charge on any atom is 0.466 e. The van der Waals surface area contributed by atoms with Gasteiger partial charge in [-0.3, -0.25) is 0 Å². The highest BCUT2D eigenvalue weighted by molar-refractivity contribution is 5.78. The molecule has 4 nitrogen and oxygen atoms in total. The molecule has 0 atom stereocenters. The molecule has 0 unspecified atom stereocenters. The third-order valence-electron chi connectivity index (χ3n) is 0.426. The normalized spacial score (nSPS) is 15.7. The van der Waals surface area contributed by atoms with Gasteiger partial charge >= 0.3 is 6.09 Å². The molecule has 0 radical (unpaired) electrons. The van der Waals surface area contributed by atoms with Gasteiger partial charge in [-0.2, -0.15) is 0 Å². The lowest BCUT2D eigenvalue weighted by atomic mass is 10.9. The molecule has 1 heterocycles. The summed E-state index contributed by atoms with van der Waals surface area (Å²) >= 11 is 0. The van der Waals surface area contributed by atoms with Crippen molar-refractivity contribution in [2.45, 2.75) is 0 Å². The van der Waals surface area contributed by atoms with E-state index in [1.807, 2.05) is 0 Å². The van der Waals surface area contributed by atoms with Gasteiger partial charge in [0.1, 0.15) is 0 Å². The van der Waals surface area contributed by atoms with E-state index in [9.17, 15) is 4.79 Å². The van der Waals surface area contributed by atoms with Gasteiger partial charge in [-0.05, 0) is 0 Å². The lowest BCUT2D eigenvalue weighted by Gasteiger charge is -1.96. The summed E-state index contributed by atoms with van der Waals surface area (Å²) in [5, 5.41) is 0. The summed E-state index contributed by atoms with van der Waals surface area (Å²) in [6.07, 6.45) is 0.629. The van der Waals surface area contributed by atoms with Crippen LogP contribution in [0.4, 0.5) is 4.79 Å². The van der Waals surface area contributed by atoms with Crippen molar-refractivity contribution in [1.82, 2.24) is 5.48 Å². The molecule has 36 valence electrons. The first-order valence-corrected chi connectivity index (χ1v) is 1.64. The summed E-state index contributed by atoms with van der Waals surface area (Å²) in [4.78, 5) is 17.1. The smallest absolute Gasteiger partial charge is 0.322 e. The van der Waals surface area contributed by atoms with Crippen molar-refractivity contribution in [3.63, 3.8) is 0 Å². The molecule has 0 bridgehead atoms. The Morgan fingerprint density at radius 2 is 2.86 bits per heavy atom. The zero-order valence-electron chi connectivity index (χ0n) is 3.34. The monoisotopic (exact) mass is 98.0 g/mol. The Hall–Kier alpha value is -1.28. The van der Waals surface area contributed by atoms with Crippen molar-refractivity contribution >= 4 is 12.0 Å². The fourth-order valence-electron chi connectivity index (χ4n) is 0.214. The Balaban J connectivity index is 2.75. The molecule has 0 aromatic rings. The van der Waals surface area contributed by atoms with Crippen LogP contribution in [-0.4, -0.2) is 12.0 Å². The van der Waals surface area contributed by atoms with Crippen LogP contribution in [0.3, 0.4) is 0 Å². The zero-order valence-corrected chi connectivity index (χ0v) is 3.34. The zero-order chi connectivity index (χ0) is 5.11. The second-order valence-corrected chi connectivity index (χ2v) is 0.871. The van der Waals surface area contributed by atoms with E-state index >= 15 is 0 Å². The highest BCUT2D eigenvalue weighted by Gasteiger charge is 1.96. The number of carbonyl (C=O) groups is 1. The Kier molecular flexibility index (Phi) is 0.805. The summed E-state index contributed by atoms with van der Waals surface area (Å²) in [6, 6.07) is 0. The molecule has 4 heteroatoms. The SMILES string of the molecule is O=C1N=C=CNO1. The number of hydroxylamine groups is 1. The number of aliphatic imine (C=N–C) groups is 1. The van der Waals surface area contributed by atoms with Gasteiger partial charge in [0.15, 0.2) is 0 Å². The molecule has 1 aliphatic rings. The molecular weight excluding hydrogens is 96.0 g/mol. The lowest BCUT2D eigenvalue weighted by Crippen LogP contribution is -2.14. The van der Waals surface area contributed by atoms with E-state index in [1.165, 1.54) is 6.20 Å². The molecule has 0 fully saturated rings. The van der Waals surface area contributed by atoms with Crippen molar-refractivity contribution in [1.29, 1.82) is 0 Å². The van der Waals surface area contributed by atoms with Gasteiger partial charge in [0.05, 0.1) is 6.20 Å². The van der Waals surface area contributed by atoms with Gasteiger partial charge < -0.3 is 4.84 Å². The van der Waals surface area contributed by atoms with Gasteiger partial charge in [0.25, 0.3) is 0 Å². The first-order chi connectivity index (χ1) is 3.39. The van der Waals surface area contributed by atoms with Gasteiger partial charge in [0.2, 0.25) is 0 Å². The number of rotatable bonds is 0. The van der Waals surface area contributed by atoms with Crippen LogP contribution in [0, 0.1) is 0 Å². The van der Waals surface area contributed by atoms with Crippen LogP contribution in [0.2, 0.25) is 0 Å². The van der Waals surface area contributed by atoms with E-state index in [0.29, 0.717) is 0 Å². The van der Waals surface area contributed by atoms with E-state index in [0.717, 1.165) is 0 Å². The fraction of sp³-hybridized carbons (Fsp3) is 0. The first-order valence-electron chi connectivity index (χ1n) is 1.64. The Labute approximate surface area is 39.4 Å². The van der Waals surface area contributed by atoms with Gasteiger partial charge in [-0.1, -0.05) is 0 Å². The van der Waals surface area contributed by atoms with Crippen molar-refractivity contribution in [3.05, 3.63) is 6.20 Å². The highest BCUT2D eigenvalue weighted by atomic mass is 16.7. The quantitative estimate of drug-likeness (QED) is 0.457. The maximum absolute atomic E-state index is 9.93. The summed E-state index contributed by atoms with van der Waals surface area (Å²) < 4.78 is 0. The van der Waals surface area contributed by atoms with Crippen LogP contribution in [0.5, 0.6) is 0 Å². The molecule has 1 aliphatic heterocycles. The molecule has 1 rings (SSSR count). The van der Waals surface area contributed by atoms with Crippen LogP contribution < -0.4 is 5.48 Å². The van der Waals surface area contributed by atoms with Crippen molar-refractivity contribution in [3.8, 4) is 0 Å². The second kappa shape index (κ2) is 1.45. The van der Waals surface area contributed by atoms with Crippen LogP contribution >= 0.6 is 0 Å². The van der Waals surface area contributed by atoms with Gasteiger partial charge in [-0.15, -0.1) is 4.99 Å². The van der Waals surface area contributed by atoms with E-state index in [2.05, 4.69) is 21.2 Å². The third kappa shape index (κ3) is 0.773. The molecule has 0 aromatic heterocycles. The number of nitrogens with zero attached hydrogens (tertiary/aromatic N) is 1. The Morgan fingerprint density at radius 3 is 3.14 bits per heavy atom. The van der Waals surface area contributed by atoms with Gasteiger partial charge in [-0.25, -0.2) is 10.3 Å². The molecule has 0 saturated heterocycles. The summed E-state index contributed by atoms with van der Waals surface area (Å²) in [5.74, 6) is 2.25. The number of hydrogen-bond acceptors (Lipinski definition) is 3. The number of hydrogen-bond donors (Lipinski definition) is 1. The summed E-state index contributed by atoms with van der Waals surface area (Å²) in [6.45, 7) is 0. The predicted molar refractivity (Wildman–Crippen MR) is 21.6 cm³/mol. The minimum absolute atomic E-state index is 0.664. The Bertz CT molecular complexity index is 145. The van der Waals surface area contributed by atoms with E-state index in [1.54, 1.807) is 0 Å². The molecule has 7 heavy (non-hydrogen) atoms. The standard InChI is InChI=1S/C3H2N2O2/c6-3-4-1-2-5-7-3/h2,5H. The summed E-state index contributed by atoms with van der Waals surface area (Å²) in [5.41, 5.74) is 2.16. The molecule has 1 amide bonds. The van der Waals surface area contributed by atoms with E-state index in [-0.39, 0.29) is 0 Å². The lowest BCUT2D eigenvalue weighted by molar-refractivity contribution is 0.120. The topological polar surface area (TPSA) is 50.7 Å². The van der Waals surface area contributed by atoms with E-state index in [4.69, 9.17) is 0 Å².